The largest absolute Gasteiger partial charge is 0.319 e. The van der Waals surface area contributed by atoms with Gasteiger partial charge in [-0.05, 0) is 47.1 Å². The van der Waals surface area contributed by atoms with E-state index in [0.717, 1.165) is 0 Å². The molecule has 0 spiro atoms. The molecule has 0 saturated heterocycles. The summed E-state index contributed by atoms with van der Waals surface area (Å²) in [7, 11) is -1.28. The van der Waals surface area contributed by atoms with Gasteiger partial charge in [0.15, 0.2) is 0 Å². The average Bonchev–Trinajstić information content (AvgIpc) is 3.02. The van der Waals surface area contributed by atoms with Gasteiger partial charge in [0, 0.05) is 17.1 Å². The third kappa shape index (κ3) is 1.93. The topological polar surface area (TPSA) is 4.93 Å². The third-order valence-corrected chi connectivity index (χ3v) is 8.63. The van der Waals surface area contributed by atoms with E-state index in [-0.39, 0.29) is 0 Å². The monoisotopic (exact) mass is 325 g/mol. The van der Waals surface area contributed by atoms with Crippen molar-refractivity contribution in [1.29, 1.82) is 0 Å². The van der Waals surface area contributed by atoms with Crippen LogP contribution in [-0.4, -0.2) is 13.4 Å². The van der Waals surface area contributed by atoms with Crippen molar-refractivity contribution in [3.63, 3.8) is 0 Å². The summed E-state index contributed by atoms with van der Waals surface area (Å²) in [5.74, 6) is 0. The number of aromatic nitrogens is 1. The zero-order valence-electron chi connectivity index (χ0n) is 13.7. The first kappa shape index (κ1) is 13.8. The summed E-state index contributed by atoms with van der Waals surface area (Å²) in [5.41, 5.74) is 4.20. The molecular formula is C22H19NSi. The fourth-order valence-electron chi connectivity index (χ4n) is 4.22. The Morgan fingerprint density at radius 3 is 2.46 bits per heavy atom. The van der Waals surface area contributed by atoms with Crippen molar-refractivity contribution in [2.24, 2.45) is 0 Å². The molecule has 0 saturated carbocycles. The van der Waals surface area contributed by atoms with E-state index in [0.29, 0.717) is 0 Å². The van der Waals surface area contributed by atoms with Crippen LogP contribution in [0.2, 0.25) is 0 Å². The highest BCUT2D eigenvalue weighted by Gasteiger charge is 2.29. The first-order valence-corrected chi connectivity index (χ1v) is 10.5. The molecule has 0 N–H and O–H groups in total. The Morgan fingerprint density at radius 2 is 1.58 bits per heavy atom. The number of benzene rings is 3. The van der Waals surface area contributed by atoms with Gasteiger partial charge in [0.1, 0.15) is 8.80 Å². The van der Waals surface area contributed by atoms with Crippen LogP contribution in [0.5, 0.6) is 0 Å². The highest BCUT2D eigenvalue weighted by molar-refractivity contribution is 6.87. The van der Waals surface area contributed by atoms with Crippen LogP contribution in [0.25, 0.3) is 16.5 Å². The van der Waals surface area contributed by atoms with Gasteiger partial charge in [-0.2, -0.15) is 0 Å². The molecule has 0 amide bonds. The van der Waals surface area contributed by atoms with Crippen molar-refractivity contribution in [2.75, 3.05) is 0 Å². The number of hydrogen-bond acceptors (Lipinski definition) is 0. The van der Waals surface area contributed by atoms with E-state index in [4.69, 9.17) is 0 Å². The number of aryl methyl sites for hydroxylation is 1. The fraction of sp³-hybridized carbons (Fsp3) is 0.0909. The van der Waals surface area contributed by atoms with Gasteiger partial charge in [-0.1, -0.05) is 65.9 Å². The Kier molecular flexibility index (Phi) is 3.00. The second kappa shape index (κ2) is 5.22. The molecule has 0 aliphatic carbocycles. The van der Waals surface area contributed by atoms with Gasteiger partial charge in [0.25, 0.3) is 0 Å². The van der Waals surface area contributed by atoms with E-state index in [1.165, 1.54) is 33.9 Å². The Hall–Kier alpha value is -2.58. The number of rotatable bonds is 1. The van der Waals surface area contributed by atoms with Gasteiger partial charge in [-0.25, -0.2) is 0 Å². The smallest absolute Gasteiger partial charge is 0.112 e. The Balaban J connectivity index is 1.87. The molecule has 1 atom stereocenters. The Labute approximate surface area is 143 Å². The van der Waals surface area contributed by atoms with Crippen LogP contribution in [-0.2, 0) is 6.04 Å². The molecule has 24 heavy (non-hydrogen) atoms. The van der Waals surface area contributed by atoms with Gasteiger partial charge in [-0.3, -0.25) is 0 Å². The highest BCUT2D eigenvalue weighted by Crippen LogP contribution is 2.26. The summed E-state index contributed by atoms with van der Waals surface area (Å²) >= 11 is 0. The molecule has 1 aliphatic heterocycles. The molecule has 4 aromatic rings. The van der Waals surface area contributed by atoms with Crippen LogP contribution >= 0.6 is 0 Å². The summed E-state index contributed by atoms with van der Waals surface area (Å²) in [6.45, 7) is 2.22. The van der Waals surface area contributed by atoms with Crippen LogP contribution in [0.4, 0.5) is 0 Å². The maximum atomic E-state index is 2.47. The minimum atomic E-state index is -1.28. The lowest BCUT2D eigenvalue weighted by Gasteiger charge is -2.29. The van der Waals surface area contributed by atoms with Gasteiger partial charge < -0.3 is 4.57 Å². The van der Waals surface area contributed by atoms with Crippen molar-refractivity contribution in [2.45, 2.75) is 13.0 Å². The van der Waals surface area contributed by atoms with Crippen LogP contribution < -0.4 is 10.4 Å². The van der Waals surface area contributed by atoms with Crippen molar-refractivity contribution >= 4 is 29.9 Å². The number of nitrogens with zero attached hydrogens (tertiary/aromatic N) is 1. The van der Waals surface area contributed by atoms with Crippen LogP contribution in [0.3, 0.4) is 0 Å². The molecule has 1 nitrogen and oxygen atoms in total. The third-order valence-electron chi connectivity index (χ3n) is 5.31. The second-order valence-electron chi connectivity index (χ2n) is 6.69. The SMILES string of the molecule is Cc1ccc2n1-c1ccc3ccccc3c1[Si@@H](c1ccccc1)C2. The zero-order valence-corrected chi connectivity index (χ0v) is 14.9. The van der Waals surface area contributed by atoms with Crippen molar-refractivity contribution < 1.29 is 0 Å². The summed E-state index contributed by atoms with van der Waals surface area (Å²) in [5, 5.41) is 5.94. The lowest BCUT2D eigenvalue weighted by atomic mass is 10.1. The molecule has 0 radical (unpaired) electrons. The minimum Gasteiger partial charge on any atom is -0.319 e. The van der Waals surface area contributed by atoms with Crippen molar-refractivity contribution in [1.82, 2.24) is 4.57 Å². The molecule has 5 rings (SSSR count). The Bertz CT molecular complexity index is 1050. The molecule has 0 unspecified atom stereocenters. The summed E-state index contributed by atoms with van der Waals surface area (Å²) in [6, 6.07) is 30.4. The lowest BCUT2D eigenvalue weighted by molar-refractivity contribution is 0.946. The van der Waals surface area contributed by atoms with Gasteiger partial charge >= 0.3 is 0 Å². The first-order chi connectivity index (χ1) is 11.8. The molecule has 1 aliphatic rings. The molecule has 2 heterocycles. The molecular weight excluding hydrogens is 306 g/mol. The van der Waals surface area contributed by atoms with Crippen molar-refractivity contribution in [3.8, 4) is 5.69 Å². The van der Waals surface area contributed by atoms with Crippen LogP contribution in [0.1, 0.15) is 11.4 Å². The van der Waals surface area contributed by atoms with Crippen LogP contribution in [0.15, 0.2) is 78.9 Å². The minimum absolute atomic E-state index is 1.19. The highest BCUT2D eigenvalue weighted by atomic mass is 28.3. The summed E-state index contributed by atoms with van der Waals surface area (Å²) < 4.78 is 2.47. The molecule has 0 bridgehead atoms. The molecule has 0 fully saturated rings. The quantitative estimate of drug-likeness (QED) is 0.473. The number of hydrogen-bond donors (Lipinski definition) is 0. The zero-order chi connectivity index (χ0) is 16.1. The van der Waals surface area contributed by atoms with Gasteiger partial charge in [-0.15, -0.1) is 0 Å². The number of fused-ring (bicyclic) bond motifs is 5. The predicted octanol–water partition coefficient (Wildman–Crippen LogP) is 3.38. The first-order valence-electron chi connectivity index (χ1n) is 8.57. The maximum absolute atomic E-state index is 2.47. The van der Waals surface area contributed by atoms with E-state index in [9.17, 15) is 0 Å². The standard InChI is InChI=1S/C22H19NSi/c1-16-11-13-18-15-24(19-8-3-2-4-9-19)22-20-10-6-5-7-17(20)12-14-21(22)23(16)18/h2-14,24H,15H2,1H3/t24-/m1/s1. The van der Waals surface area contributed by atoms with Gasteiger partial charge in [0.05, 0.1) is 0 Å². The Morgan fingerprint density at radius 1 is 0.792 bits per heavy atom. The summed E-state index contributed by atoms with van der Waals surface area (Å²) in [6.07, 6.45) is 0. The van der Waals surface area contributed by atoms with Gasteiger partial charge in [0.2, 0.25) is 0 Å². The maximum Gasteiger partial charge on any atom is 0.112 e. The molecule has 1 aromatic heterocycles. The second-order valence-corrected chi connectivity index (χ2v) is 9.45. The molecule has 2 heteroatoms. The normalized spacial score (nSPS) is 16.0. The van der Waals surface area contributed by atoms with E-state index in [1.54, 1.807) is 10.4 Å². The molecule has 116 valence electrons. The average molecular weight is 325 g/mol. The molecule has 3 aromatic carbocycles. The lowest BCUT2D eigenvalue weighted by Crippen LogP contribution is -2.49. The fourth-order valence-corrected chi connectivity index (χ4v) is 7.64. The predicted molar refractivity (Wildman–Crippen MR) is 105 cm³/mol. The van der Waals surface area contributed by atoms with E-state index >= 15 is 0 Å². The van der Waals surface area contributed by atoms with E-state index < -0.39 is 8.80 Å². The van der Waals surface area contributed by atoms with E-state index in [1.807, 2.05) is 0 Å². The van der Waals surface area contributed by atoms with Crippen LogP contribution in [0, 0.1) is 6.92 Å². The summed E-state index contributed by atoms with van der Waals surface area (Å²) in [4.78, 5) is 0. The van der Waals surface area contributed by atoms with Crippen molar-refractivity contribution in [3.05, 3.63) is 90.3 Å². The van der Waals surface area contributed by atoms with E-state index in [2.05, 4.69) is 90.4 Å².